The van der Waals surface area contributed by atoms with Crippen molar-refractivity contribution >= 4 is 17.8 Å². The third-order valence-corrected chi connectivity index (χ3v) is 6.52. The van der Waals surface area contributed by atoms with Gasteiger partial charge in [0.2, 0.25) is 0 Å². The number of carbonyl (C=O) groups is 2. The summed E-state index contributed by atoms with van der Waals surface area (Å²) < 4.78 is 17.4. The SMILES string of the molecule is CCOc1cc(C2C(C(=O)/C=C/c3ccccc3)=C(O)C(=O)N2Cc2ccco2)ccc1OCc1ccccc1. The van der Waals surface area contributed by atoms with Gasteiger partial charge >= 0.3 is 0 Å². The van der Waals surface area contributed by atoms with Crippen molar-refractivity contribution < 1.29 is 28.6 Å². The quantitative estimate of drug-likeness (QED) is 0.223. The summed E-state index contributed by atoms with van der Waals surface area (Å²) in [5.41, 5.74) is 2.41. The number of amides is 1. The first kappa shape index (κ1) is 26.6. The second-order valence-corrected chi connectivity index (χ2v) is 9.20. The number of rotatable bonds is 11. The summed E-state index contributed by atoms with van der Waals surface area (Å²) in [4.78, 5) is 28.2. The van der Waals surface area contributed by atoms with Gasteiger partial charge in [0.15, 0.2) is 23.0 Å². The molecular formula is C33H29NO6. The molecule has 202 valence electrons. The predicted molar refractivity (Wildman–Crippen MR) is 151 cm³/mol. The van der Waals surface area contributed by atoms with Gasteiger partial charge < -0.3 is 23.9 Å². The standard InChI is InChI=1S/C33H29NO6/c1-2-38-29-20-25(16-18-28(29)40-22-24-12-7-4-8-13-24)31-30(27(35)17-15-23-10-5-3-6-11-23)32(36)33(37)34(31)21-26-14-9-19-39-26/h3-20,31,36H,2,21-22H2,1H3/b17-15+. The summed E-state index contributed by atoms with van der Waals surface area (Å²) in [6.45, 7) is 2.67. The van der Waals surface area contributed by atoms with E-state index >= 15 is 0 Å². The molecule has 0 saturated carbocycles. The van der Waals surface area contributed by atoms with Crippen molar-refractivity contribution in [2.75, 3.05) is 6.61 Å². The first-order valence-corrected chi connectivity index (χ1v) is 13.0. The monoisotopic (exact) mass is 535 g/mol. The van der Waals surface area contributed by atoms with Crippen molar-refractivity contribution in [2.45, 2.75) is 26.1 Å². The summed E-state index contributed by atoms with van der Waals surface area (Å²) in [7, 11) is 0. The van der Waals surface area contributed by atoms with E-state index in [2.05, 4.69) is 0 Å². The molecule has 0 radical (unpaired) electrons. The lowest BCUT2D eigenvalue weighted by molar-refractivity contribution is -0.130. The molecular weight excluding hydrogens is 506 g/mol. The fraction of sp³-hybridized carbons (Fsp3) is 0.152. The molecule has 1 aliphatic rings. The van der Waals surface area contributed by atoms with Crippen molar-refractivity contribution in [1.29, 1.82) is 0 Å². The summed E-state index contributed by atoms with van der Waals surface area (Å²) in [5.74, 6) is -0.181. The lowest BCUT2D eigenvalue weighted by Gasteiger charge is -2.26. The van der Waals surface area contributed by atoms with Crippen molar-refractivity contribution in [3.63, 3.8) is 0 Å². The van der Waals surface area contributed by atoms with E-state index in [0.717, 1.165) is 11.1 Å². The maximum Gasteiger partial charge on any atom is 0.290 e. The highest BCUT2D eigenvalue weighted by Crippen LogP contribution is 2.42. The van der Waals surface area contributed by atoms with E-state index in [1.165, 1.54) is 17.2 Å². The van der Waals surface area contributed by atoms with E-state index in [4.69, 9.17) is 13.9 Å². The fourth-order valence-electron chi connectivity index (χ4n) is 4.63. The molecule has 40 heavy (non-hydrogen) atoms. The molecule has 4 aromatic rings. The smallest absolute Gasteiger partial charge is 0.290 e. The Morgan fingerprint density at radius 1 is 0.950 bits per heavy atom. The highest BCUT2D eigenvalue weighted by Gasteiger charge is 2.43. The zero-order valence-corrected chi connectivity index (χ0v) is 22.0. The minimum absolute atomic E-state index is 0.0101. The minimum Gasteiger partial charge on any atom is -0.503 e. The molecule has 3 aromatic carbocycles. The summed E-state index contributed by atoms with van der Waals surface area (Å²) in [6, 6.07) is 27.0. The van der Waals surface area contributed by atoms with E-state index in [-0.39, 0.29) is 12.1 Å². The van der Waals surface area contributed by atoms with Crippen molar-refractivity contribution in [3.05, 3.63) is 137 Å². The Morgan fingerprint density at radius 2 is 1.70 bits per heavy atom. The summed E-state index contributed by atoms with van der Waals surface area (Å²) in [6.07, 6.45) is 4.54. The molecule has 0 fully saturated rings. The zero-order valence-electron chi connectivity index (χ0n) is 22.0. The van der Waals surface area contributed by atoms with E-state index in [1.807, 2.05) is 67.6 Å². The molecule has 7 heteroatoms. The number of aliphatic hydroxyl groups is 1. The van der Waals surface area contributed by atoms with Gasteiger partial charge in [0, 0.05) is 0 Å². The molecule has 0 saturated heterocycles. The third kappa shape index (κ3) is 5.83. The highest BCUT2D eigenvalue weighted by atomic mass is 16.5. The summed E-state index contributed by atoms with van der Waals surface area (Å²) >= 11 is 0. The van der Waals surface area contributed by atoms with Gasteiger partial charge in [-0.1, -0.05) is 72.8 Å². The Balaban J connectivity index is 1.50. The van der Waals surface area contributed by atoms with Crippen LogP contribution in [0.15, 0.2) is 119 Å². The number of furan rings is 1. The van der Waals surface area contributed by atoms with Gasteiger partial charge in [-0.2, -0.15) is 0 Å². The van der Waals surface area contributed by atoms with Crippen LogP contribution in [-0.2, 0) is 22.7 Å². The molecule has 2 heterocycles. The molecule has 1 amide bonds. The Bertz CT molecular complexity index is 1520. The maximum atomic E-state index is 13.5. The number of allylic oxidation sites excluding steroid dienone is 1. The summed E-state index contributed by atoms with van der Waals surface area (Å²) in [5, 5.41) is 10.9. The van der Waals surface area contributed by atoms with Crippen LogP contribution >= 0.6 is 0 Å². The second-order valence-electron chi connectivity index (χ2n) is 9.20. The molecule has 5 rings (SSSR count). The average molecular weight is 536 g/mol. The number of benzene rings is 3. The van der Waals surface area contributed by atoms with Gasteiger partial charge in [-0.05, 0) is 54.0 Å². The second kappa shape index (κ2) is 12.2. The molecule has 1 aromatic heterocycles. The normalized spacial score (nSPS) is 15.2. The van der Waals surface area contributed by atoms with Crippen LogP contribution < -0.4 is 9.47 Å². The van der Waals surface area contributed by atoms with Gasteiger partial charge in [0.25, 0.3) is 5.91 Å². The highest BCUT2D eigenvalue weighted by molar-refractivity contribution is 6.14. The third-order valence-electron chi connectivity index (χ3n) is 6.52. The Morgan fingerprint density at radius 3 is 2.40 bits per heavy atom. The van der Waals surface area contributed by atoms with Crippen LogP contribution in [0.2, 0.25) is 0 Å². The first-order valence-electron chi connectivity index (χ1n) is 13.0. The van der Waals surface area contributed by atoms with Crippen LogP contribution in [0.4, 0.5) is 0 Å². The van der Waals surface area contributed by atoms with Crippen molar-refractivity contribution in [1.82, 2.24) is 4.90 Å². The molecule has 1 unspecified atom stereocenters. The molecule has 1 aliphatic heterocycles. The van der Waals surface area contributed by atoms with Crippen LogP contribution in [0, 0.1) is 0 Å². The Kier molecular flexibility index (Phi) is 8.11. The number of ether oxygens (including phenoxy) is 2. The van der Waals surface area contributed by atoms with Crippen molar-refractivity contribution in [2.24, 2.45) is 0 Å². The van der Waals surface area contributed by atoms with E-state index in [0.29, 0.717) is 36.0 Å². The lowest BCUT2D eigenvalue weighted by atomic mass is 9.95. The number of carbonyl (C=O) groups excluding carboxylic acids is 2. The van der Waals surface area contributed by atoms with Gasteiger partial charge in [-0.15, -0.1) is 0 Å². The molecule has 0 spiro atoms. The minimum atomic E-state index is -0.868. The van der Waals surface area contributed by atoms with E-state index < -0.39 is 23.5 Å². The zero-order chi connectivity index (χ0) is 27.9. The largest absolute Gasteiger partial charge is 0.503 e. The average Bonchev–Trinajstić information content (AvgIpc) is 3.59. The van der Waals surface area contributed by atoms with E-state index in [1.54, 1.807) is 36.4 Å². The number of ketones is 1. The first-order chi connectivity index (χ1) is 19.5. The van der Waals surface area contributed by atoms with Crippen LogP contribution in [-0.4, -0.2) is 28.3 Å². The predicted octanol–water partition coefficient (Wildman–Crippen LogP) is 6.44. The number of hydrogen-bond acceptors (Lipinski definition) is 6. The van der Waals surface area contributed by atoms with Gasteiger partial charge in [-0.25, -0.2) is 0 Å². The number of nitrogens with zero attached hydrogens (tertiary/aromatic N) is 1. The van der Waals surface area contributed by atoms with Crippen molar-refractivity contribution in [3.8, 4) is 11.5 Å². The topological polar surface area (TPSA) is 89.2 Å². The van der Waals surface area contributed by atoms with Crippen LogP contribution in [0.1, 0.15) is 35.4 Å². The van der Waals surface area contributed by atoms with Gasteiger partial charge in [0.05, 0.1) is 31.0 Å². The Labute approximate surface area is 232 Å². The molecule has 7 nitrogen and oxygen atoms in total. The maximum absolute atomic E-state index is 13.5. The molecule has 0 bridgehead atoms. The molecule has 1 atom stereocenters. The number of hydrogen-bond donors (Lipinski definition) is 1. The lowest BCUT2D eigenvalue weighted by Crippen LogP contribution is -2.30. The van der Waals surface area contributed by atoms with Gasteiger partial charge in [-0.3, -0.25) is 9.59 Å². The molecule has 1 N–H and O–H groups in total. The van der Waals surface area contributed by atoms with E-state index in [9.17, 15) is 14.7 Å². The number of aliphatic hydroxyl groups excluding tert-OH is 1. The van der Waals surface area contributed by atoms with Crippen LogP contribution in [0.5, 0.6) is 11.5 Å². The van der Waals surface area contributed by atoms with Crippen LogP contribution in [0.3, 0.4) is 0 Å². The fourth-order valence-corrected chi connectivity index (χ4v) is 4.63. The van der Waals surface area contributed by atoms with Crippen LogP contribution in [0.25, 0.3) is 6.08 Å². The Hall–Kier alpha value is -5.04. The van der Waals surface area contributed by atoms with Gasteiger partial charge in [0.1, 0.15) is 12.4 Å². The molecule has 0 aliphatic carbocycles.